The molecule has 2 N–H and O–H groups in total. The van der Waals surface area contributed by atoms with Crippen LogP contribution in [-0.4, -0.2) is 17.1 Å². The van der Waals surface area contributed by atoms with Crippen molar-refractivity contribution in [2.45, 2.75) is 19.8 Å². The van der Waals surface area contributed by atoms with E-state index < -0.39 is 12.0 Å². The molecule has 0 saturated heterocycles. The zero-order chi connectivity index (χ0) is 8.69. The predicted molar refractivity (Wildman–Crippen MR) is 40.2 cm³/mol. The number of nitrogens with one attached hydrogen (secondary N) is 1. The van der Waals surface area contributed by atoms with E-state index in [0.717, 1.165) is 12.8 Å². The third-order valence-electron chi connectivity index (χ3n) is 0.955. The topological polar surface area (TPSA) is 66.4 Å². The molecule has 11 heavy (non-hydrogen) atoms. The molecule has 0 radical (unpaired) electrons. The van der Waals surface area contributed by atoms with Gasteiger partial charge in [-0.25, -0.2) is 4.79 Å². The first-order valence-electron chi connectivity index (χ1n) is 3.37. The normalized spacial score (nSPS) is 9.91. The van der Waals surface area contributed by atoms with Gasteiger partial charge in [0.1, 0.15) is 0 Å². The average molecular weight is 157 g/mol. The number of carbonyl (C=O) groups excluding carboxylic acids is 1. The minimum absolute atomic E-state index is 0.592. The molecule has 0 spiro atoms. The molecule has 0 aliphatic heterocycles. The summed E-state index contributed by atoms with van der Waals surface area (Å²) >= 11 is 0. The van der Waals surface area contributed by atoms with E-state index >= 15 is 0 Å². The smallest absolute Gasteiger partial charge is 0.411 e. The Balaban J connectivity index is 3.60. The van der Waals surface area contributed by atoms with E-state index in [1.165, 1.54) is 6.08 Å². The van der Waals surface area contributed by atoms with E-state index in [0.29, 0.717) is 0 Å². The Labute approximate surface area is 64.9 Å². The molecule has 0 fully saturated rings. The van der Waals surface area contributed by atoms with E-state index in [9.17, 15) is 9.59 Å². The fourth-order valence-electron chi connectivity index (χ4n) is 0.504. The summed E-state index contributed by atoms with van der Waals surface area (Å²) in [5.41, 5.74) is 0. The maximum atomic E-state index is 10.5. The number of hydrogen-bond donors (Lipinski definition) is 2. The lowest BCUT2D eigenvalue weighted by atomic mass is 10.3. The highest BCUT2D eigenvalue weighted by molar-refractivity contribution is 5.97. The van der Waals surface area contributed by atoms with Gasteiger partial charge in [0.15, 0.2) is 0 Å². The van der Waals surface area contributed by atoms with E-state index in [2.05, 4.69) is 0 Å². The van der Waals surface area contributed by atoms with Crippen molar-refractivity contribution in [3.05, 3.63) is 12.2 Å². The Bertz CT molecular complexity index is 175. The van der Waals surface area contributed by atoms with Crippen molar-refractivity contribution in [3.63, 3.8) is 0 Å². The lowest BCUT2D eigenvalue weighted by Crippen LogP contribution is -2.26. The van der Waals surface area contributed by atoms with E-state index in [4.69, 9.17) is 5.11 Å². The Kier molecular flexibility index (Phi) is 4.81. The molecule has 0 bridgehead atoms. The van der Waals surface area contributed by atoms with E-state index in [1.54, 1.807) is 11.4 Å². The van der Waals surface area contributed by atoms with Crippen molar-refractivity contribution in [2.75, 3.05) is 0 Å². The van der Waals surface area contributed by atoms with Crippen LogP contribution >= 0.6 is 0 Å². The highest BCUT2D eigenvalue weighted by Crippen LogP contribution is 1.87. The van der Waals surface area contributed by atoms with Crippen LogP contribution in [0.25, 0.3) is 0 Å². The second-order valence-electron chi connectivity index (χ2n) is 1.99. The summed E-state index contributed by atoms with van der Waals surface area (Å²) in [5.74, 6) is -0.592. The molecule has 0 aromatic heterocycles. The van der Waals surface area contributed by atoms with Crippen molar-refractivity contribution in [2.24, 2.45) is 0 Å². The third-order valence-corrected chi connectivity index (χ3v) is 0.955. The molecule has 0 rings (SSSR count). The Hall–Kier alpha value is -1.32. The molecule has 2 amide bonds. The van der Waals surface area contributed by atoms with Gasteiger partial charge < -0.3 is 5.11 Å². The molecule has 62 valence electrons. The fraction of sp³-hybridized carbons (Fsp3) is 0.429. The Morgan fingerprint density at radius 2 is 2.18 bits per heavy atom. The van der Waals surface area contributed by atoms with Crippen LogP contribution in [-0.2, 0) is 4.79 Å². The van der Waals surface area contributed by atoms with Gasteiger partial charge in [-0.1, -0.05) is 19.4 Å². The number of imide groups is 1. The quantitative estimate of drug-likeness (QED) is 0.603. The van der Waals surface area contributed by atoms with Crippen LogP contribution in [0.2, 0.25) is 0 Å². The molecule has 0 saturated carbocycles. The summed E-state index contributed by atoms with van der Waals surface area (Å²) in [4.78, 5) is 20.4. The summed E-state index contributed by atoms with van der Waals surface area (Å²) in [6.07, 6.45) is 3.26. The second-order valence-corrected chi connectivity index (χ2v) is 1.99. The number of hydrogen-bond acceptors (Lipinski definition) is 2. The van der Waals surface area contributed by atoms with Gasteiger partial charge in [-0.2, -0.15) is 0 Å². The van der Waals surface area contributed by atoms with Crippen LogP contribution in [0.5, 0.6) is 0 Å². The average Bonchev–Trinajstić information content (AvgIpc) is 1.86. The maximum Gasteiger partial charge on any atom is 0.411 e. The molecule has 0 unspecified atom stereocenters. The fourth-order valence-corrected chi connectivity index (χ4v) is 0.504. The predicted octanol–water partition coefficient (Wildman–Crippen LogP) is 1.14. The van der Waals surface area contributed by atoms with Gasteiger partial charge in [-0.15, -0.1) is 0 Å². The summed E-state index contributed by atoms with van der Waals surface area (Å²) < 4.78 is 0. The highest BCUT2D eigenvalue weighted by Gasteiger charge is 1.98. The van der Waals surface area contributed by atoms with Crippen molar-refractivity contribution < 1.29 is 14.7 Å². The van der Waals surface area contributed by atoms with Crippen LogP contribution in [0.15, 0.2) is 12.2 Å². The molecule has 0 heterocycles. The van der Waals surface area contributed by atoms with Crippen LogP contribution in [0.3, 0.4) is 0 Å². The van der Waals surface area contributed by atoms with Crippen molar-refractivity contribution in [1.29, 1.82) is 0 Å². The van der Waals surface area contributed by atoms with Gasteiger partial charge >= 0.3 is 6.09 Å². The number of rotatable bonds is 3. The summed E-state index contributed by atoms with van der Waals surface area (Å²) in [7, 11) is 0. The summed E-state index contributed by atoms with van der Waals surface area (Å²) in [6, 6.07) is 0. The van der Waals surface area contributed by atoms with Gasteiger partial charge in [-0.3, -0.25) is 10.1 Å². The maximum absolute atomic E-state index is 10.5. The van der Waals surface area contributed by atoms with Gasteiger partial charge in [0.05, 0.1) is 0 Å². The second kappa shape index (κ2) is 5.46. The molecule has 0 aromatic carbocycles. The standard InChI is InChI=1S/C7H11NO3/c1-2-3-4-5-6(9)8-7(10)11/h4-5H,2-3H2,1H3,(H,8,9)(H,10,11). The molecule has 0 aliphatic carbocycles. The number of allylic oxidation sites excluding steroid dienone is 1. The molecule has 0 aromatic rings. The largest absolute Gasteiger partial charge is 0.465 e. The zero-order valence-electron chi connectivity index (χ0n) is 6.33. The van der Waals surface area contributed by atoms with Crippen molar-refractivity contribution in [3.8, 4) is 0 Å². The Morgan fingerprint density at radius 1 is 1.55 bits per heavy atom. The van der Waals surface area contributed by atoms with Gasteiger partial charge in [0, 0.05) is 0 Å². The SMILES string of the molecule is CCCC=CC(=O)NC(=O)O. The highest BCUT2D eigenvalue weighted by atomic mass is 16.4. The molecular weight excluding hydrogens is 146 g/mol. The van der Waals surface area contributed by atoms with Crippen LogP contribution < -0.4 is 5.32 Å². The van der Waals surface area contributed by atoms with Gasteiger partial charge in [0.2, 0.25) is 0 Å². The zero-order valence-corrected chi connectivity index (χ0v) is 6.33. The molecular formula is C7H11NO3. The third kappa shape index (κ3) is 6.57. The number of carboxylic acid groups (broad SMARTS) is 1. The lowest BCUT2D eigenvalue weighted by Gasteiger charge is -1.90. The summed E-state index contributed by atoms with van der Waals surface area (Å²) in [6.45, 7) is 1.97. The monoisotopic (exact) mass is 157 g/mol. The first-order chi connectivity index (χ1) is 5.16. The Morgan fingerprint density at radius 3 is 2.64 bits per heavy atom. The number of amides is 2. The van der Waals surface area contributed by atoms with Gasteiger partial charge in [-0.05, 0) is 12.5 Å². The van der Waals surface area contributed by atoms with E-state index in [1.807, 2.05) is 6.92 Å². The van der Waals surface area contributed by atoms with Crippen LogP contribution in [0, 0.1) is 0 Å². The van der Waals surface area contributed by atoms with Crippen molar-refractivity contribution >= 4 is 12.0 Å². The first-order valence-corrected chi connectivity index (χ1v) is 3.37. The van der Waals surface area contributed by atoms with Crippen LogP contribution in [0.4, 0.5) is 4.79 Å². The summed E-state index contributed by atoms with van der Waals surface area (Å²) in [5, 5.41) is 9.77. The molecule has 0 aliphatic rings. The minimum atomic E-state index is -1.32. The molecule has 4 nitrogen and oxygen atoms in total. The molecule has 0 atom stereocenters. The number of carbonyl (C=O) groups is 2. The van der Waals surface area contributed by atoms with Crippen molar-refractivity contribution in [1.82, 2.24) is 5.32 Å². The van der Waals surface area contributed by atoms with Gasteiger partial charge in [0.25, 0.3) is 5.91 Å². The molecule has 4 heteroatoms. The van der Waals surface area contributed by atoms with E-state index in [-0.39, 0.29) is 0 Å². The van der Waals surface area contributed by atoms with Crippen LogP contribution in [0.1, 0.15) is 19.8 Å². The number of unbranched alkanes of at least 4 members (excludes halogenated alkanes) is 1. The lowest BCUT2D eigenvalue weighted by molar-refractivity contribution is -0.115. The minimum Gasteiger partial charge on any atom is -0.465 e. The first kappa shape index (κ1) is 9.68.